The van der Waals surface area contributed by atoms with E-state index in [0.29, 0.717) is 12.8 Å². The van der Waals surface area contributed by atoms with Gasteiger partial charge in [0.25, 0.3) is 0 Å². The lowest BCUT2D eigenvalue weighted by molar-refractivity contribution is -0.272. The molecule has 17 N–H and O–H groups in total. The molecular formula is C61H110N9O32PS. The largest absolute Gasteiger partial charge is 0.394 e. The molecule has 602 valence electrons. The fraction of sp³-hybridized carbons (Fsp3) is 0.869. The van der Waals surface area contributed by atoms with Crippen LogP contribution in [0.2, 0.25) is 0 Å². The van der Waals surface area contributed by atoms with E-state index in [1.165, 1.54) is 30.6 Å². The van der Waals surface area contributed by atoms with E-state index in [-0.39, 0.29) is 190 Å². The standard InChI is InChI=1S/C61H110N9O32PS/c1-38(74)65-50-56(85)53(82)42(35-71)99-59(50)96-29-26-93-23-20-90-17-10-62-45(77)32-68(33-46(78)63-11-18-91-21-24-94-27-30-97-60-51(66-39(2)75)57(86)54(83)43(36-72)100-60)13-5-14-70(49(81)7-4-6-48(80)69-15-8-41(9-16-69)102-103(88,89)104)34-47(79)64-12-19-92-22-25-95-28-31-98-61-52(67-40(3)76)58(87)55(84)44(37-73)101-61/h41-44,50-61,71-73,82-87H,4-37H2,1-3H3,(H,62,77)(H,63,78)(H,64,79)(H,65,74)(H,66,75)(H,67,76)(H2,88,89,104). The van der Waals surface area contributed by atoms with Crippen molar-refractivity contribution in [3.05, 3.63) is 0 Å². The van der Waals surface area contributed by atoms with Crippen molar-refractivity contribution in [2.75, 3.05) is 184 Å². The van der Waals surface area contributed by atoms with Crippen LogP contribution in [-0.4, -0.2) is 400 Å². The Hall–Kier alpha value is -4.59. The van der Waals surface area contributed by atoms with E-state index >= 15 is 0 Å². The lowest BCUT2D eigenvalue weighted by atomic mass is 9.97. The number of nitrogens with one attached hydrogen (secondary N) is 6. The number of amides is 8. The molecule has 0 aromatic carbocycles. The minimum absolute atomic E-state index is 0.0137. The molecule has 0 bridgehead atoms. The summed E-state index contributed by atoms with van der Waals surface area (Å²) in [6.07, 6.45) is -15.7. The average molecular weight is 1540 g/mol. The minimum atomic E-state index is -3.90. The number of piperidine rings is 1. The topological polar surface area (TPSA) is 561 Å². The van der Waals surface area contributed by atoms with Crippen LogP contribution >= 0.6 is 6.72 Å². The van der Waals surface area contributed by atoms with Crippen LogP contribution in [0.15, 0.2) is 0 Å². The van der Waals surface area contributed by atoms with E-state index in [1.807, 2.05) is 0 Å². The molecule has 8 amide bonds. The predicted molar refractivity (Wildman–Crippen MR) is 359 cm³/mol. The molecule has 4 rings (SSSR count). The fourth-order valence-corrected chi connectivity index (χ4v) is 12.1. The quantitative estimate of drug-likeness (QED) is 0.0199. The smallest absolute Gasteiger partial charge is 0.322 e. The number of rotatable bonds is 52. The molecule has 4 aliphatic heterocycles. The van der Waals surface area contributed by atoms with Gasteiger partial charge in [0.2, 0.25) is 47.3 Å². The lowest BCUT2D eigenvalue weighted by Gasteiger charge is -2.42. The minimum Gasteiger partial charge on any atom is -0.394 e. The number of hydrogen-bond acceptors (Lipinski definition) is 32. The third kappa shape index (κ3) is 35.6. The Morgan fingerprint density at radius 3 is 1.13 bits per heavy atom. The maximum Gasteiger partial charge on any atom is 0.322 e. The number of aliphatic hydroxyl groups is 9. The average Bonchev–Trinajstić information content (AvgIpc) is 0.823. The van der Waals surface area contributed by atoms with Crippen LogP contribution in [-0.2, 0) is 112 Å². The number of nitrogens with zero attached hydrogens (tertiary/aromatic N) is 3. The molecule has 104 heavy (non-hydrogen) atoms. The molecule has 4 aliphatic rings. The van der Waals surface area contributed by atoms with Gasteiger partial charge in [-0.1, -0.05) is 0 Å². The first-order valence-electron chi connectivity index (χ1n) is 34.5. The maximum absolute atomic E-state index is 13.9. The molecule has 0 aromatic rings. The highest BCUT2D eigenvalue weighted by Gasteiger charge is 2.48. The SMILES string of the molecule is CC(=O)NC1C(OCCOCCOCCNC(=O)CN(CCCN(CC(=O)NCCOCCOCCOC2OC(CO)C(O)C(O)C2NC(C)=O)C(=O)CCCC(=O)N2CCC(OP(O)(O)=S)CC2)CC(=O)NCCOCCOCCOC2OC(CO)C(O)C(O)C2NC(C)=O)OC(CO)C(O)C1O. The molecule has 4 heterocycles. The van der Waals surface area contributed by atoms with Crippen LogP contribution in [0.3, 0.4) is 0 Å². The first kappa shape index (κ1) is 91.8. The summed E-state index contributed by atoms with van der Waals surface area (Å²) in [5.41, 5.74) is 0. The lowest BCUT2D eigenvalue weighted by Crippen LogP contribution is -2.64. The highest BCUT2D eigenvalue weighted by molar-refractivity contribution is 8.06. The summed E-state index contributed by atoms with van der Waals surface area (Å²) >= 11 is 4.59. The number of carbonyl (C=O) groups is 8. The van der Waals surface area contributed by atoms with Gasteiger partial charge in [0, 0.05) is 79.4 Å². The normalized spacial score (nSPS) is 26.0. The van der Waals surface area contributed by atoms with Crippen LogP contribution in [0.4, 0.5) is 0 Å². The van der Waals surface area contributed by atoms with Gasteiger partial charge in [-0.25, -0.2) is 0 Å². The van der Waals surface area contributed by atoms with Crippen LogP contribution < -0.4 is 31.9 Å². The zero-order chi connectivity index (χ0) is 76.6. The molecule has 0 radical (unpaired) electrons. The van der Waals surface area contributed by atoms with Gasteiger partial charge in [-0.15, -0.1) is 0 Å². The second kappa shape index (κ2) is 50.9. The Kier molecular flexibility index (Phi) is 45.0. The molecule has 0 spiro atoms. The van der Waals surface area contributed by atoms with Gasteiger partial charge in [0.05, 0.1) is 145 Å². The van der Waals surface area contributed by atoms with Crippen molar-refractivity contribution >= 4 is 65.8 Å². The Morgan fingerprint density at radius 1 is 0.462 bits per heavy atom. The van der Waals surface area contributed by atoms with Gasteiger partial charge in [0.15, 0.2) is 18.9 Å². The second-order valence-electron chi connectivity index (χ2n) is 24.5. The highest BCUT2D eigenvalue weighted by Crippen LogP contribution is 2.40. The summed E-state index contributed by atoms with van der Waals surface area (Å²) in [5, 5.41) is 106. The summed E-state index contributed by atoms with van der Waals surface area (Å²) in [4.78, 5) is 126. The molecule has 0 aromatic heterocycles. The number of aliphatic hydroxyl groups excluding tert-OH is 9. The number of ether oxygens (including phenoxy) is 12. The Labute approximate surface area is 607 Å². The summed E-state index contributed by atoms with van der Waals surface area (Å²) in [6, 6.07) is -3.38. The van der Waals surface area contributed by atoms with Crippen LogP contribution in [0.5, 0.6) is 0 Å². The number of hydrogen-bond donors (Lipinski definition) is 17. The van der Waals surface area contributed by atoms with Crippen molar-refractivity contribution in [3.8, 4) is 0 Å². The molecule has 15 unspecified atom stereocenters. The van der Waals surface area contributed by atoms with Crippen LogP contribution in [0.1, 0.15) is 59.3 Å². The van der Waals surface area contributed by atoms with Gasteiger partial charge in [-0.2, -0.15) is 0 Å². The second-order valence-corrected chi connectivity index (χ2v) is 27.2. The summed E-state index contributed by atoms with van der Waals surface area (Å²) in [7, 11) is 0. The number of carbonyl (C=O) groups excluding carboxylic acids is 8. The monoisotopic (exact) mass is 1540 g/mol. The van der Waals surface area contributed by atoms with Crippen molar-refractivity contribution < 1.29 is 155 Å². The summed E-state index contributed by atoms with van der Waals surface area (Å²) in [5.74, 6) is -3.78. The van der Waals surface area contributed by atoms with Gasteiger partial charge in [-0.3, -0.25) is 43.3 Å². The molecule has 4 saturated heterocycles. The van der Waals surface area contributed by atoms with E-state index in [0.717, 1.165) is 0 Å². The van der Waals surface area contributed by atoms with Crippen molar-refractivity contribution in [1.82, 2.24) is 46.6 Å². The fourth-order valence-electron chi connectivity index (χ4n) is 11.1. The first-order valence-corrected chi connectivity index (χ1v) is 37.1. The molecule has 0 saturated carbocycles. The van der Waals surface area contributed by atoms with Gasteiger partial charge in [0.1, 0.15) is 73.1 Å². The van der Waals surface area contributed by atoms with Gasteiger partial charge in [-0.05, 0) is 37.5 Å². The molecule has 43 heteroatoms. The number of likely N-dealkylation sites (tertiary alicyclic amines) is 1. The van der Waals surface area contributed by atoms with Gasteiger partial charge < -0.3 is 159 Å². The Balaban J connectivity index is 1.29. The van der Waals surface area contributed by atoms with E-state index in [1.54, 1.807) is 4.90 Å². The van der Waals surface area contributed by atoms with E-state index in [4.69, 9.17) is 61.4 Å². The third-order valence-corrected chi connectivity index (χ3v) is 17.1. The third-order valence-electron chi connectivity index (χ3n) is 16.3. The zero-order valence-corrected chi connectivity index (χ0v) is 60.7. The summed E-state index contributed by atoms with van der Waals surface area (Å²) in [6.45, 7) is -1.82. The van der Waals surface area contributed by atoms with Crippen molar-refractivity contribution in [2.45, 2.75) is 157 Å². The van der Waals surface area contributed by atoms with E-state index in [9.17, 15) is 94.1 Å². The molecule has 15 atom stereocenters. The molecular weight excluding hydrogens is 1430 g/mol. The van der Waals surface area contributed by atoms with E-state index < -0.39 is 172 Å². The summed E-state index contributed by atoms with van der Waals surface area (Å²) < 4.78 is 72.1. The molecule has 0 aliphatic carbocycles. The van der Waals surface area contributed by atoms with Gasteiger partial charge >= 0.3 is 6.72 Å². The van der Waals surface area contributed by atoms with Crippen LogP contribution in [0, 0.1) is 0 Å². The predicted octanol–water partition coefficient (Wildman–Crippen LogP) is -9.78. The Morgan fingerprint density at radius 2 is 0.798 bits per heavy atom. The van der Waals surface area contributed by atoms with Crippen molar-refractivity contribution in [2.24, 2.45) is 0 Å². The molecule has 41 nitrogen and oxygen atoms in total. The maximum atomic E-state index is 13.9. The van der Waals surface area contributed by atoms with Crippen LogP contribution in [0.25, 0.3) is 0 Å². The highest BCUT2D eigenvalue weighted by atomic mass is 32.5. The Bertz CT molecular complexity index is 2490. The van der Waals surface area contributed by atoms with Crippen molar-refractivity contribution in [1.29, 1.82) is 0 Å². The first-order chi connectivity index (χ1) is 49.7. The zero-order valence-electron chi connectivity index (χ0n) is 59.0. The molecule has 4 fully saturated rings. The van der Waals surface area contributed by atoms with E-state index in [2.05, 4.69) is 43.7 Å². The van der Waals surface area contributed by atoms with Crippen molar-refractivity contribution in [3.63, 3.8) is 0 Å².